The zero-order valence-electron chi connectivity index (χ0n) is 23.6. The van der Waals surface area contributed by atoms with E-state index in [-0.39, 0.29) is 43.4 Å². The van der Waals surface area contributed by atoms with Gasteiger partial charge in [0.1, 0.15) is 0 Å². The zero-order valence-corrected chi connectivity index (χ0v) is 23.6. The molecule has 0 rings (SSSR count). The molecule has 7 heteroatoms. The van der Waals surface area contributed by atoms with Gasteiger partial charge in [-0.05, 0) is 32.6 Å². The van der Waals surface area contributed by atoms with Crippen molar-refractivity contribution >= 4 is 17.9 Å². The molecule has 216 valence electrons. The van der Waals surface area contributed by atoms with Crippen LogP contribution in [0.25, 0.3) is 0 Å². The average Bonchev–Trinajstić information content (AvgIpc) is 2.85. The van der Waals surface area contributed by atoms with Gasteiger partial charge in [-0.25, -0.2) is 0 Å². The van der Waals surface area contributed by atoms with E-state index in [2.05, 4.69) is 19.1 Å². The van der Waals surface area contributed by atoms with E-state index < -0.39 is 17.9 Å². The number of quaternary nitrogens is 1. The van der Waals surface area contributed by atoms with Crippen LogP contribution in [0.15, 0.2) is 12.2 Å². The Balaban J connectivity index is 3.90. The Bertz CT molecular complexity index is 574. The van der Waals surface area contributed by atoms with E-state index in [0.717, 1.165) is 19.3 Å². The number of allylic oxidation sites excluding steroid dienone is 2. The molecule has 0 spiro atoms. The number of nitrogens with zero attached hydrogens (tertiary/aromatic N) is 1. The molecule has 0 aromatic rings. The van der Waals surface area contributed by atoms with E-state index >= 15 is 0 Å². The molecule has 0 bridgehead atoms. The second-order valence-corrected chi connectivity index (χ2v) is 10.7. The van der Waals surface area contributed by atoms with Crippen LogP contribution < -0.4 is 0 Å². The van der Waals surface area contributed by atoms with Crippen molar-refractivity contribution in [1.82, 2.24) is 0 Å². The predicted molar refractivity (Wildman–Crippen MR) is 150 cm³/mol. The molecule has 0 aromatic heterocycles. The van der Waals surface area contributed by atoms with Crippen molar-refractivity contribution in [3.05, 3.63) is 12.2 Å². The largest absolute Gasteiger partial charge is 0.481 e. The molecule has 0 saturated carbocycles. The molecule has 0 fully saturated rings. The van der Waals surface area contributed by atoms with E-state index in [1.807, 2.05) is 0 Å². The van der Waals surface area contributed by atoms with Crippen LogP contribution in [-0.4, -0.2) is 63.9 Å². The fourth-order valence-corrected chi connectivity index (χ4v) is 5.02. The van der Waals surface area contributed by atoms with Gasteiger partial charge in [-0.1, -0.05) is 95.6 Å². The van der Waals surface area contributed by atoms with Crippen molar-refractivity contribution in [3.63, 3.8) is 0 Å². The Morgan fingerprint density at radius 2 is 0.784 bits per heavy atom. The maximum absolute atomic E-state index is 11.1. The summed E-state index contributed by atoms with van der Waals surface area (Å²) in [6.07, 6.45) is 25.7. The van der Waals surface area contributed by atoms with Gasteiger partial charge in [-0.15, -0.1) is 0 Å². The van der Waals surface area contributed by atoms with Gasteiger partial charge in [0, 0.05) is 0 Å². The smallest absolute Gasteiger partial charge is 0.309 e. The molecular formula is C30H56NO6+. The highest BCUT2D eigenvalue weighted by Gasteiger charge is 2.29. The van der Waals surface area contributed by atoms with Gasteiger partial charge < -0.3 is 19.8 Å². The average molecular weight is 527 g/mol. The highest BCUT2D eigenvalue weighted by molar-refractivity contribution is 5.67. The highest BCUT2D eigenvalue weighted by Crippen LogP contribution is 2.17. The van der Waals surface area contributed by atoms with Gasteiger partial charge in [-0.2, -0.15) is 0 Å². The van der Waals surface area contributed by atoms with E-state index in [0.29, 0.717) is 6.54 Å². The number of unbranched alkanes of at least 4 members (excludes halogenated alkanes) is 16. The first-order valence-electron chi connectivity index (χ1n) is 14.9. The van der Waals surface area contributed by atoms with E-state index in [4.69, 9.17) is 15.3 Å². The van der Waals surface area contributed by atoms with E-state index in [1.54, 1.807) is 0 Å². The molecule has 0 aliphatic heterocycles. The van der Waals surface area contributed by atoms with Crippen molar-refractivity contribution in [1.29, 1.82) is 0 Å². The first kappa shape index (κ1) is 35.1. The van der Waals surface area contributed by atoms with Crippen molar-refractivity contribution in [2.75, 3.05) is 26.2 Å². The number of rotatable bonds is 28. The normalized spacial score (nSPS) is 11.8. The summed E-state index contributed by atoms with van der Waals surface area (Å²) in [6, 6.07) is 0. The van der Waals surface area contributed by atoms with Crippen LogP contribution in [0.4, 0.5) is 0 Å². The SMILES string of the molecule is C/C=C/CCCCCCCCCCCCCCCCCC[N+](CCC(=O)O)(CCC(=O)O)CCC(=O)O. The third-order valence-electron chi connectivity index (χ3n) is 7.39. The van der Waals surface area contributed by atoms with Crippen LogP contribution in [0, 0.1) is 0 Å². The minimum Gasteiger partial charge on any atom is -0.481 e. The second-order valence-electron chi connectivity index (χ2n) is 10.7. The fraction of sp³-hybridized carbons (Fsp3) is 0.833. The first-order valence-corrected chi connectivity index (χ1v) is 14.9. The summed E-state index contributed by atoms with van der Waals surface area (Å²) in [7, 11) is 0. The number of hydrogen-bond acceptors (Lipinski definition) is 3. The molecule has 0 aromatic carbocycles. The van der Waals surface area contributed by atoms with Crippen LogP contribution >= 0.6 is 0 Å². The molecule has 0 amide bonds. The number of aliphatic carboxylic acids is 3. The van der Waals surface area contributed by atoms with Gasteiger partial charge in [0.05, 0.1) is 45.4 Å². The van der Waals surface area contributed by atoms with Crippen molar-refractivity contribution < 1.29 is 34.2 Å². The van der Waals surface area contributed by atoms with Gasteiger partial charge in [-0.3, -0.25) is 14.4 Å². The molecule has 0 aliphatic rings. The summed E-state index contributed by atoms with van der Waals surface area (Å²) in [5, 5.41) is 27.4. The number of carboxylic acid groups (broad SMARTS) is 3. The van der Waals surface area contributed by atoms with Crippen molar-refractivity contribution in [2.45, 2.75) is 135 Å². The van der Waals surface area contributed by atoms with Crippen LogP contribution in [0.5, 0.6) is 0 Å². The van der Waals surface area contributed by atoms with Crippen LogP contribution in [0.3, 0.4) is 0 Å². The Morgan fingerprint density at radius 1 is 0.486 bits per heavy atom. The zero-order chi connectivity index (χ0) is 27.6. The lowest BCUT2D eigenvalue weighted by molar-refractivity contribution is -0.927. The van der Waals surface area contributed by atoms with Crippen LogP contribution in [-0.2, 0) is 14.4 Å². The lowest BCUT2D eigenvalue weighted by atomic mass is 10.0. The molecule has 0 unspecified atom stereocenters. The topological polar surface area (TPSA) is 112 Å². The second kappa shape index (κ2) is 24.4. The van der Waals surface area contributed by atoms with Gasteiger partial charge in [0.15, 0.2) is 0 Å². The maximum atomic E-state index is 11.1. The lowest BCUT2D eigenvalue weighted by Crippen LogP contribution is -2.52. The van der Waals surface area contributed by atoms with E-state index in [1.165, 1.54) is 89.9 Å². The molecule has 0 heterocycles. The summed E-state index contributed by atoms with van der Waals surface area (Å²) in [6.45, 7) is 3.58. The summed E-state index contributed by atoms with van der Waals surface area (Å²) in [4.78, 5) is 33.4. The van der Waals surface area contributed by atoms with Gasteiger partial charge in [0.25, 0.3) is 0 Å². The monoisotopic (exact) mass is 526 g/mol. The Kier molecular flexibility index (Phi) is 23.2. The third-order valence-corrected chi connectivity index (χ3v) is 7.39. The summed E-state index contributed by atoms with van der Waals surface area (Å²) < 4.78 is 0.265. The van der Waals surface area contributed by atoms with Crippen molar-refractivity contribution in [3.8, 4) is 0 Å². The van der Waals surface area contributed by atoms with Crippen molar-refractivity contribution in [2.24, 2.45) is 0 Å². The van der Waals surface area contributed by atoms with Crippen LogP contribution in [0.1, 0.15) is 135 Å². The molecule has 0 aliphatic carbocycles. The first-order chi connectivity index (χ1) is 17.8. The standard InChI is InChI=1S/C30H55NO6/c1-2-3-4-5-6-7-8-9-10-11-12-13-14-15-16-17-18-19-20-24-31(25-21-28(32)33,26-22-29(34)35)27-23-30(36)37/h2-3H,4-27H2,1H3,(H2-,32,33,34,35,36,37)/p+1/b3-2+. The highest BCUT2D eigenvalue weighted by atomic mass is 16.4. The Hall–Kier alpha value is -1.89. The fourth-order valence-electron chi connectivity index (χ4n) is 5.02. The van der Waals surface area contributed by atoms with E-state index in [9.17, 15) is 14.4 Å². The molecule has 7 nitrogen and oxygen atoms in total. The Labute approximate surface area is 225 Å². The minimum atomic E-state index is -0.931. The third kappa shape index (κ3) is 24.2. The lowest BCUT2D eigenvalue weighted by Gasteiger charge is -2.38. The summed E-state index contributed by atoms with van der Waals surface area (Å²) >= 11 is 0. The molecule has 0 saturated heterocycles. The number of carbonyl (C=O) groups is 3. The molecule has 3 N–H and O–H groups in total. The number of hydrogen-bond donors (Lipinski definition) is 3. The summed E-state index contributed by atoms with van der Waals surface area (Å²) in [5.41, 5.74) is 0. The van der Waals surface area contributed by atoms with Gasteiger partial charge >= 0.3 is 17.9 Å². The molecule has 37 heavy (non-hydrogen) atoms. The molecule has 0 radical (unpaired) electrons. The molecular weight excluding hydrogens is 470 g/mol. The predicted octanol–water partition coefficient (Wildman–Crippen LogP) is 7.44. The maximum Gasteiger partial charge on any atom is 0.309 e. The van der Waals surface area contributed by atoms with Gasteiger partial charge in [0.2, 0.25) is 0 Å². The molecule has 0 atom stereocenters. The minimum absolute atomic E-state index is 0.0730. The number of carboxylic acids is 3. The van der Waals surface area contributed by atoms with Crippen LogP contribution in [0.2, 0.25) is 0 Å². The summed E-state index contributed by atoms with van der Waals surface area (Å²) in [5.74, 6) is -2.79. The Morgan fingerprint density at radius 3 is 1.08 bits per heavy atom. The quantitative estimate of drug-likeness (QED) is 0.0555.